The number of urea groups is 1. The van der Waals surface area contributed by atoms with Crippen molar-refractivity contribution < 1.29 is 9.90 Å². The minimum atomic E-state index is -0.300. The first-order valence-electron chi connectivity index (χ1n) is 5.33. The minimum absolute atomic E-state index is 0.237. The van der Waals surface area contributed by atoms with Crippen molar-refractivity contribution in [2.75, 3.05) is 11.9 Å². The lowest BCUT2D eigenvalue weighted by molar-refractivity contribution is 0.252. The van der Waals surface area contributed by atoms with E-state index >= 15 is 0 Å². The number of nitrogens with zero attached hydrogens (tertiary/aromatic N) is 2. The van der Waals surface area contributed by atoms with Gasteiger partial charge in [0.2, 0.25) is 5.13 Å². The van der Waals surface area contributed by atoms with E-state index in [-0.39, 0.29) is 11.8 Å². The summed E-state index contributed by atoms with van der Waals surface area (Å²) >= 11 is 1.26. The van der Waals surface area contributed by atoms with Crippen LogP contribution in [0.2, 0.25) is 0 Å². The molecule has 0 unspecified atom stereocenters. The number of phenols is 1. The number of benzene rings is 1. The van der Waals surface area contributed by atoms with Crippen LogP contribution in [0.5, 0.6) is 5.75 Å². The molecule has 1 aromatic heterocycles. The summed E-state index contributed by atoms with van der Waals surface area (Å²) in [4.78, 5) is 11.4. The van der Waals surface area contributed by atoms with Gasteiger partial charge in [0.15, 0.2) is 0 Å². The van der Waals surface area contributed by atoms with Crippen LogP contribution in [0, 0.1) is 0 Å². The number of carbonyl (C=O) groups is 1. The molecule has 0 aliphatic heterocycles. The van der Waals surface area contributed by atoms with Gasteiger partial charge in [-0.25, -0.2) is 4.79 Å². The van der Waals surface area contributed by atoms with Crippen LogP contribution in [-0.4, -0.2) is 27.9 Å². The zero-order chi connectivity index (χ0) is 12.8. The van der Waals surface area contributed by atoms with Gasteiger partial charge in [0.05, 0.1) is 0 Å². The van der Waals surface area contributed by atoms with E-state index in [1.165, 1.54) is 11.3 Å². The minimum Gasteiger partial charge on any atom is -0.508 e. The number of carbonyl (C=O) groups excluding carboxylic acids is 1. The summed E-state index contributed by atoms with van der Waals surface area (Å²) in [6, 6.07) is 6.58. The number of hydrogen-bond donors (Lipinski definition) is 3. The van der Waals surface area contributed by atoms with Crippen LogP contribution < -0.4 is 10.6 Å². The standard InChI is InChI=1S/C11H12N4O2S/c16-9-3-1-8(2-4-9)5-6-12-10(17)14-11-15-13-7-18-11/h1-4,7,16H,5-6H2,(H2,12,14,15,17). The van der Waals surface area contributed by atoms with E-state index in [0.29, 0.717) is 18.1 Å². The number of amides is 2. The maximum atomic E-state index is 11.4. The Morgan fingerprint density at radius 1 is 1.33 bits per heavy atom. The number of hydrogen-bond acceptors (Lipinski definition) is 5. The first kappa shape index (κ1) is 12.3. The van der Waals surface area contributed by atoms with Crippen molar-refractivity contribution in [3.8, 4) is 5.75 Å². The Bertz CT molecular complexity index is 498. The van der Waals surface area contributed by atoms with Crippen molar-refractivity contribution >= 4 is 22.5 Å². The lowest BCUT2D eigenvalue weighted by atomic mass is 10.1. The molecule has 0 aliphatic carbocycles. The molecular formula is C11H12N4O2S. The summed E-state index contributed by atoms with van der Waals surface area (Å²) < 4.78 is 0. The van der Waals surface area contributed by atoms with Crippen molar-refractivity contribution in [2.45, 2.75) is 6.42 Å². The fourth-order valence-electron chi connectivity index (χ4n) is 1.35. The molecule has 2 rings (SSSR count). The van der Waals surface area contributed by atoms with Crippen molar-refractivity contribution in [1.82, 2.24) is 15.5 Å². The second kappa shape index (κ2) is 5.97. The summed E-state index contributed by atoms with van der Waals surface area (Å²) in [6.45, 7) is 0.509. The number of nitrogens with one attached hydrogen (secondary N) is 2. The molecule has 18 heavy (non-hydrogen) atoms. The molecular weight excluding hydrogens is 252 g/mol. The van der Waals surface area contributed by atoms with Gasteiger partial charge in [0, 0.05) is 6.54 Å². The SMILES string of the molecule is O=C(NCCc1ccc(O)cc1)Nc1nncs1. The van der Waals surface area contributed by atoms with Gasteiger partial charge < -0.3 is 10.4 Å². The third kappa shape index (κ3) is 3.70. The molecule has 2 aromatic rings. The van der Waals surface area contributed by atoms with Crippen LogP contribution in [0.15, 0.2) is 29.8 Å². The van der Waals surface area contributed by atoms with E-state index < -0.39 is 0 Å². The monoisotopic (exact) mass is 264 g/mol. The molecule has 6 nitrogen and oxygen atoms in total. The van der Waals surface area contributed by atoms with Gasteiger partial charge in [-0.3, -0.25) is 5.32 Å². The van der Waals surface area contributed by atoms with E-state index in [4.69, 9.17) is 5.11 Å². The van der Waals surface area contributed by atoms with Crippen LogP contribution in [0.4, 0.5) is 9.93 Å². The van der Waals surface area contributed by atoms with E-state index in [9.17, 15) is 4.79 Å². The highest BCUT2D eigenvalue weighted by Crippen LogP contribution is 2.10. The first-order chi connectivity index (χ1) is 8.74. The third-order valence-corrected chi connectivity index (χ3v) is 2.82. The summed E-state index contributed by atoms with van der Waals surface area (Å²) in [5.74, 6) is 0.237. The topological polar surface area (TPSA) is 87.1 Å². The molecule has 0 atom stereocenters. The van der Waals surface area contributed by atoms with E-state index in [2.05, 4.69) is 20.8 Å². The van der Waals surface area contributed by atoms with Crippen LogP contribution in [0.3, 0.4) is 0 Å². The number of anilines is 1. The summed E-state index contributed by atoms with van der Waals surface area (Å²) in [7, 11) is 0. The summed E-state index contributed by atoms with van der Waals surface area (Å²) in [5.41, 5.74) is 2.59. The highest BCUT2D eigenvalue weighted by molar-refractivity contribution is 7.13. The first-order valence-corrected chi connectivity index (χ1v) is 6.21. The highest BCUT2D eigenvalue weighted by atomic mass is 32.1. The maximum absolute atomic E-state index is 11.4. The van der Waals surface area contributed by atoms with Gasteiger partial charge in [0.1, 0.15) is 11.3 Å². The van der Waals surface area contributed by atoms with Crippen LogP contribution in [0.25, 0.3) is 0 Å². The second-order valence-corrected chi connectivity index (χ2v) is 4.37. The van der Waals surface area contributed by atoms with E-state index in [1.54, 1.807) is 17.6 Å². The molecule has 1 aromatic carbocycles. The number of rotatable bonds is 4. The molecule has 0 saturated carbocycles. The zero-order valence-electron chi connectivity index (χ0n) is 9.46. The average Bonchev–Trinajstić information content (AvgIpc) is 2.84. The quantitative estimate of drug-likeness (QED) is 0.783. The van der Waals surface area contributed by atoms with Crippen LogP contribution in [0.1, 0.15) is 5.56 Å². The number of aromatic nitrogens is 2. The normalized spacial score (nSPS) is 10.0. The molecule has 3 N–H and O–H groups in total. The van der Waals surface area contributed by atoms with Crippen LogP contribution >= 0.6 is 11.3 Å². The molecule has 7 heteroatoms. The molecule has 2 amide bonds. The second-order valence-electron chi connectivity index (χ2n) is 3.54. The Morgan fingerprint density at radius 3 is 2.78 bits per heavy atom. The van der Waals surface area contributed by atoms with Crippen molar-refractivity contribution in [3.05, 3.63) is 35.3 Å². The fourth-order valence-corrected chi connectivity index (χ4v) is 1.79. The zero-order valence-corrected chi connectivity index (χ0v) is 10.3. The average molecular weight is 264 g/mol. The Morgan fingerprint density at radius 2 is 2.11 bits per heavy atom. The van der Waals surface area contributed by atoms with Gasteiger partial charge in [-0.2, -0.15) is 0 Å². The molecule has 0 bridgehead atoms. The smallest absolute Gasteiger partial charge is 0.321 e. The Balaban J connectivity index is 1.72. The highest BCUT2D eigenvalue weighted by Gasteiger charge is 2.03. The maximum Gasteiger partial charge on any atom is 0.321 e. The predicted octanol–water partition coefficient (Wildman–Crippen LogP) is 1.61. The summed E-state index contributed by atoms with van der Waals surface area (Å²) in [6.07, 6.45) is 0.698. The van der Waals surface area contributed by atoms with Crippen molar-refractivity contribution in [1.29, 1.82) is 0 Å². The van der Waals surface area contributed by atoms with Gasteiger partial charge in [0.25, 0.3) is 0 Å². The van der Waals surface area contributed by atoms with Crippen molar-refractivity contribution in [2.24, 2.45) is 0 Å². The largest absolute Gasteiger partial charge is 0.508 e. The molecule has 0 fully saturated rings. The predicted molar refractivity (Wildman–Crippen MR) is 68.7 cm³/mol. The number of phenolic OH excluding ortho intramolecular Hbond substituents is 1. The van der Waals surface area contributed by atoms with Crippen LogP contribution in [-0.2, 0) is 6.42 Å². The number of aromatic hydroxyl groups is 1. The molecule has 0 radical (unpaired) electrons. The summed E-state index contributed by atoms with van der Waals surface area (Å²) in [5, 5.41) is 22.2. The molecule has 0 spiro atoms. The molecule has 1 heterocycles. The van der Waals surface area contributed by atoms with Gasteiger partial charge in [-0.1, -0.05) is 23.5 Å². The lowest BCUT2D eigenvalue weighted by Crippen LogP contribution is -2.30. The molecule has 0 aliphatic rings. The molecule has 0 saturated heterocycles. The van der Waals surface area contributed by atoms with Gasteiger partial charge >= 0.3 is 6.03 Å². The van der Waals surface area contributed by atoms with E-state index in [0.717, 1.165) is 5.56 Å². The lowest BCUT2D eigenvalue weighted by Gasteiger charge is -2.05. The Kier molecular flexibility index (Phi) is 4.08. The van der Waals surface area contributed by atoms with Gasteiger partial charge in [-0.15, -0.1) is 10.2 Å². The van der Waals surface area contributed by atoms with Gasteiger partial charge in [-0.05, 0) is 24.1 Å². The fraction of sp³-hybridized carbons (Fsp3) is 0.182. The van der Waals surface area contributed by atoms with E-state index in [1.807, 2.05) is 12.1 Å². The third-order valence-electron chi connectivity index (χ3n) is 2.22. The Labute approximate surface area is 108 Å². The molecule has 94 valence electrons. The van der Waals surface area contributed by atoms with Crippen molar-refractivity contribution in [3.63, 3.8) is 0 Å². The Hall–Kier alpha value is -2.15.